The van der Waals surface area contributed by atoms with E-state index in [-0.39, 0.29) is 0 Å². The van der Waals surface area contributed by atoms with E-state index in [0.717, 1.165) is 11.9 Å². The van der Waals surface area contributed by atoms with Gasteiger partial charge in [0.2, 0.25) is 0 Å². The second-order valence-electron chi connectivity index (χ2n) is 5.59. The lowest BCUT2D eigenvalue weighted by Gasteiger charge is -2.43. The van der Waals surface area contributed by atoms with Crippen molar-refractivity contribution in [2.24, 2.45) is 5.41 Å². The van der Waals surface area contributed by atoms with E-state index in [2.05, 4.69) is 59.1 Å². The molecule has 0 amide bonds. The molecule has 1 saturated carbocycles. The lowest BCUT2D eigenvalue weighted by atomic mass is 9.70. The molecule has 0 atom stereocenters. The SMILES string of the molecule is Cc1ccccc1CN(C)CC1(CBr)CCC1. The van der Waals surface area contributed by atoms with Crippen LogP contribution in [-0.2, 0) is 6.54 Å². The van der Waals surface area contributed by atoms with E-state index in [1.165, 1.54) is 36.9 Å². The van der Waals surface area contributed by atoms with Crippen molar-refractivity contribution in [1.82, 2.24) is 4.90 Å². The summed E-state index contributed by atoms with van der Waals surface area (Å²) in [5.74, 6) is 0. The van der Waals surface area contributed by atoms with Gasteiger partial charge in [-0.05, 0) is 43.4 Å². The first-order chi connectivity index (χ1) is 8.15. The molecule has 2 rings (SSSR count). The topological polar surface area (TPSA) is 3.24 Å². The van der Waals surface area contributed by atoms with E-state index in [1.807, 2.05) is 0 Å². The van der Waals surface area contributed by atoms with Crippen LogP contribution in [0.2, 0.25) is 0 Å². The molecule has 1 nitrogen and oxygen atoms in total. The second kappa shape index (κ2) is 5.53. The largest absolute Gasteiger partial charge is 0.302 e. The number of aryl methyl sites for hydroxylation is 1. The minimum absolute atomic E-state index is 0.553. The number of benzene rings is 1. The van der Waals surface area contributed by atoms with Crippen molar-refractivity contribution in [3.05, 3.63) is 35.4 Å². The molecule has 1 aliphatic rings. The van der Waals surface area contributed by atoms with E-state index in [4.69, 9.17) is 0 Å². The van der Waals surface area contributed by atoms with Crippen molar-refractivity contribution < 1.29 is 0 Å². The Bertz CT molecular complexity index is 365. The maximum absolute atomic E-state index is 3.69. The number of nitrogens with zero attached hydrogens (tertiary/aromatic N) is 1. The van der Waals surface area contributed by atoms with Crippen LogP contribution in [0.5, 0.6) is 0 Å². The van der Waals surface area contributed by atoms with Crippen molar-refractivity contribution in [3.63, 3.8) is 0 Å². The molecule has 1 aromatic carbocycles. The van der Waals surface area contributed by atoms with Gasteiger partial charge < -0.3 is 4.90 Å². The maximum Gasteiger partial charge on any atom is 0.0233 e. The number of halogens is 1. The predicted octanol–water partition coefficient (Wildman–Crippen LogP) is 3.99. The minimum Gasteiger partial charge on any atom is -0.302 e. The van der Waals surface area contributed by atoms with Crippen molar-refractivity contribution in [1.29, 1.82) is 0 Å². The van der Waals surface area contributed by atoms with Gasteiger partial charge in [0.1, 0.15) is 0 Å². The third-order valence-electron chi connectivity index (χ3n) is 4.00. The van der Waals surface area contributed by atoms with Crippen molar-refractivity contribution in [2.75, 3.05) is 18.9 Å². The zero-order valence-corrected chi connectivity index (χ0v) is 12.5. The van der Waals surface area contributed by atoms with E-state index in [9.17, 15) is 0 Å². The van der Waals surface area contributed by atoms with Gasteiger partial charge in [0.15, 0.2) is 0 Å². The molecule has 1 aromatic rings. The molecule has 2 heteroatoms. The van der Waals surface area contributed by atoms with Gasteiger partial charge in [0.05, 0.1) is 0 Å². The van der Waals surface area contributed by atoms with Crippen LogP contribution in [0.15, 0.2) is 24.3 Å². The highest BCUT2D eigenvalue weighted by Gasteiger charge is 2.36. The second-order valence-corrected chi connectivity index (χ2v) is 6.15. The fraction of sp³-hybridized carbons (Fsp3) is 0.600. The van der Waals surface area contributed by atoms with Crippen LogP contribution < -0.4 is 0 Å². The molecule has 0 radical (unpaired) electrons. The van der Waals surface area contributed by atoms with Crippen molar-refractivity contribution in [2.45, 2.75) is 32.7 Å². The number of hydrogen-bond acceptors (Lipinski definition) is 1. The predicted molar refractivity (Wildman–Crippen MR) is 77.6 cm³/mol. The molecule has 0 heterocycles. The average Bonchev–Trinajstić information content (AvgIpc) is 2.27. The van der Waals surface area contributed by atoms with Gasteiger partial charge in [-0.2, -0.15) is 0 Å². The molecule has 0 spiro atoms. The highest BCUT2D eigenvalue weighted by molar-refractivity contribution is 9.09. The molecule has 1 aliphatic carbocycles. The molecule has 0 unspecified atom stereocenters. The molecule has 0 aliphatic heterocycles. The summed E-state index contributed by atoms with van der Waals surface area (Å²) in [5.41, 5.74) is 3.41. The molecular weight excluding hydrogens is 274 g/mol. The summed E-state index contributed by atoms with van der Waals surface area (Å²) in [6.07, 6.45) is 4.18. The van der Waals surface area contributed by atoms with E-state index in [0.29, 0.717) is 5.41 Å². The van der Waals surface area contributed by atoms with E-state index < -0.39 is 0 Å². The maximum atomic E-state index is 3.69. The standard InChI is InChI=1S/C15H22BrN/c1-13-6-3-4-7-14(13)10-17(2)12-15(11-16)8-5-9-15/h3-4,6-7H,5,8-12H2,1-2H3. The number of hydrogen-bond donors (Lipinski definition) is 0. The summed E-state index contributed by atoms with van der Waals surface area (Å²) in [5, 5.41) is 1.15. The summed E-state index contributed by atoms with van der Waals surface area (Å²) in [6, 6.07) is 8.70. The number of alkyl halides is 1. The zero-order chi connectivity index (χ0) is 12.3. The Morgan fingerprint density at radius 1 is 1.29 bits per heavy atom. The van der Waals surface area contributed by atoms with Crippen LogP contribution >= 0.6 is 15.9 Å². The molecule has 0 aromatic heterocycles. The van der Waals surface area contributed by atoms with Crippen LogP contribution in [0.3, 0.4) is 0 Å². The van der Waals surface area contributed by atoms with E-state index in [1.54, 1.807) is 0 Å². The van der Waals surface area contributed by atoms with Gasteiger partial charge in [0, 0.05) is 18.4 Å². The first kappa shape index (κ1) is 13.1. The third-order valence-corrected chi connectivity index (χ3v) is 5.19. The average molecular weight is 296 g/mol. The van der Waals surface area contributed by atoms with Crippen LogP contribution in [-0.4, -0.2) is 23.8 Å². The van der Waals surface area contributed by atoms with Crippen LogP contribution in [0.4, 0.5) is 0 Å². The Hall–Kier alpha value is -0.340. The van der Waals surface area contributed by atoms with E-state index >= 15 is 0 Å². The zero-order valence-electron chi connectivity index (χ0n) is 10.9. The van der Waals surface area contributed by atoms with Gasteiger partial charge in [-0.15, -0.1) is 0 Å². The molecule has 0 bridgehead atoms. The van der Waals surface area contributed by atoms with Gasteiger partial charge in [0.25, 0.3) is 0 Å². The smallest absolute Gasteiger partial charge is 0.0233 e. The van der Waals surface area contributed by atoms with Crippen LogP contribution in [0, 0.1) is 12.3 Å². The highest BCUT2D eigenvalue weighted by atomic mass is 79.9. The molecule has 1 fully saturated rings. The Kier molecular flexibility index (Phi) is 4.26. The molecule has 0 saturated heterocycles. The lowest BCUT2D eigenvalue weighted by Crippen LogP contribution is -2.41. The van der Waals surface area contributed by atoms with Crippen LogP contribution in [0.1, 0.15) is 30.4 Å². The van der Waals surface area contributed by atoms with Gasteiger partial charge in [-0.25, -0.2) is 0 Å². The van der Waals surface area contributed by atoms with Gasteiger partial charge >= 0.3 is 0 Å². The highest BCUT2D eigenvalue weighted by Crippen LogP contribution is 2.42. The summed E-state index contributed by atoms with van der Waals surface area (Å²) in [7, 11) is 2.25. The number of rotatable bonds is 5. The Morgan fingerprint density at radius 2 is 2.00 bits per heavy atom. The van der Waals surface area contributed by atoms with Crippen molar-refractivity contribution in [3.8, 4) is 0 Å². The van der Waals surface area contributed by atoms with Crippen LogP contribution in [0.25, 0.3) is 0 Å². The first-order valence-corrected chi connectivity index (χ1v) is 7.56. The summed E-state index contributed by atoms with van der Waals surface area (Å²) >= 11 is 3.69. The van der Waals surface area contributed by atoms with Crippen molar-refractivity contribution >= 4 is 15.9 Å². The Labute approximate surface area is 113 Å². The summed E-state index contributed by atoms with van der Waals surface area (Å²) in [6.45, 7) is 4.49. The normalized spacial score (nSPS) is 18.1. The summed E-state index contributed by atoms with van der Waals surface area (Å²) in [4.78, 5) is 2.47. The first-order valence-electron chi connectivity index (χ1n) is 6.44. The Morgan fingerprint density at radius 3 is 2.53 bits per heavy atom. The molecule has 0 N–H and O–H groups in total. The molecular formula is C15H22BrN. The monoisotopic (exact) mass is 295 g/mol. The molecule has 17 heavy (non-hydrogen) atoms. The minimum atomic E-state index is 0.553. The fourth-order valence-electron chi connectivity index (χ4n) is 2.72. The third kappa shape index (κ3) is 3.11. The fourth-order valence-corrected chi connectivity index (χ4v) is 3.46. The summed E-state index contributed by atoms with van der Waals surface area (Å²) < 4.78 is 0. The lowest BCUT2D eigenvalue weighted by molar-refractivity contribution is 0.102. The van der Waals surface area contributed by atoms with Gasteiger partial charge in [-0.1, -0.05) is 46.6 Å². The molecule has 94 valence electrons. The quantitative estimate of drug-likeness (QED) is 0.743. The van der Waals surface area contributed by atoms with Gasteiger partial charge in [-0.3, -0.25) is 0 Å². The Balaban J connectivity index is 1.93.